The van der Waals surface area contributed by atoms with E-state index >= 15 is 0 Å². The molecular weight excluding hydrogens is 316 g/mol. The van der Waals surface area contributed by atoms with Crippen LogP contribution in [-0.4, -0.2) is 16.8 Å². The normalized spacial score (nSPS) is 20.3. The van der Waals surface area contributed by atoms with Crippen LogP contribution in [0.3, 0.4) is 0 Å². The zero-order chi connectivity index (χ0) is 16.0. The van der Waals surface area contributed by atoms with Crippen molar-refractivity contribution in [2.75, 3.05) is 11.5 Å². The van der Waals surface area contributed by atoms with Gasteiger partial charge in [0.15, 0.2) is 0 Å². The average molecular weight is 343 g/mol. The van der Waals surface area contributed by atoms with Gasteiger partial charge >= 0.3 is 0 Å². The molecule has 1 fully saturated rings. The third kappa shape index (κ3) is 3.64. The Morgan fingerprint density at radius 3 is 2.17 bits per heavy atom. The Morgan fingerprint density at radius 2 is 1.61 bits per heavy atom. The second-order valence-electron chi connectivity index (χ2n) is 6.17. The van der Waals surface area contributed by atoms with Gasteiger partial charge in [-0.15, -0.1) is 11.8 Å². The molecule has 1 heterocycles. The third-order valence-electron chi connectivity index (χ3n) is 4.62. The lowest BCUT2D eigenvalue weighted by Gasteiger charge is -2.44. The van der Waals surface area contributed by atoms with Crippen LogP contribution in [0.4, 0.5) is 0 Å². The fourth-order valence-corrected chi connectivity index (χ4v) is 6.98. The summed E-state index contributed by atoms with van der Waals surface area (Å²) in [5.41, 5.74) is 2.95. The van der Waals surface area contributed by atoms with Crippen LogP contribution in [0.5, 0.6) is 0 Å². The maximum atomic E-state index is 2.33. The first kappa shape index (κ1) is 17.0. The van der Waals surface area contributed by atoms with Gasteiger partial charge in [0.25, 0.3) is 0 Å². The Balaban J connectivity index is 2.02. The summed E-state index contributed by atoms with van der Waals surface area (Å²) in [4.78, 5) is 0. The number of benzene rings is 2. The number of hydrogen-bond donors (Lipinski definition) is 0. The Morgan fingerprint density at radius 1 is 1.00 bits per heavy atom. The van der Waals surface area contributed by atoms with Gasteiger partial charge in [-0.1, -0.05) is 74.0 Å². The molecule has 0 amide bonds. The minimum absolute atomic E-state index is 0.110. The standard InChI is InChI=1S/C21H26S2/c1-2-3-16-22-20-15-10-17-23-21(20,18-11-6-4-7-12-18)19-13-8-5-9-14-19/h4-9,11-14,20H,2-3,10,15-17H2,1H3. The van der Waals surface area contributed by atoms with E-state index in [0.29, 0.717) is 5.25 Å². The Hall–Kier alpha value is -0.860. The molecule has 1 saturated heterocycles. The van der Waals surface area contributed by atoms with Gasteiger partial charge in [-0.3, -0.25) is 0 Å². The van der Waals surface area contributed by atoms with E-state index in [4.69, 9.17) is 0 Å². The summed E-state index contributed by atoms with van der Waals surface area (Å²) in [6.07, 6.45) is 5.28. The smallest absolute Gasteiger partial charge is 0.0775 e. The van der Waals surface area contributed by atoms with Gasteiger partial charge in [0.05, 0.1) is 4.75 Å². The van der Waals surface area contributed by atoms with Crippen LogP contribution in [0.1, 0.15) is 43.7 Å². The number of hydrogen-bond acceptors (Lipinski definition) is 2. The highest BCUT2D eigenvalue weighted by Crippen LogP contribution is 2.54. The summed E-state index contributed by atoms with van der Waals surface area (Å²) in [5, 5.41) is 0.664. The van der Waals surface area contributed by atoms with Crippen LogP contribution in [0.2, 0.25) is 0 Å². The van der Waals surface area contributed by atoms with Crippen molar-refractivity contribution < 1.29 is 0 Å². The molecule has 0 spiro atoms. The molecule has 0 aliphatic carbocycles. The molecular formula is C21H26S2. The molecule has 2 aromatic carbocycles. The summed E-state index contributed by atoms with van der Waals surface area (Å²) in [5.74, 6) is 2.54. The van der Waals surface area contributed by atoms with Crippen LogP contribution >= 0.6 is 23.5 Å². The maximum Gasteiger partial charge on any atom is 0.0775 e. The lowest BCUT2D eigenvalue weighted by Crippen LogP contribution is -2.39. The molecule has 0 bridgehead atoms. The summed E-state index contributed by atoms with van der Waals surface area (Å²) < 4.78 is 0.110. The first-order valence-electron chi connectivity index (χ1n) is 8.74. The van der Waals surface area contributed by atoms with E-state index in [1.165, 1.54) is 48.3 Å². The highest BCUT2D eigenvalue weighted by atomic mass is 32.2. The monoisotopic (exact) mass is 342 g/mol. The summed E-state index contributed by atoms with van der Waals surface area (Å²) in [7, 11) is 0. The molecule has 2 heteroatoms. The number of rotatable bonds is 6. The lowest BCUT2D eigenvalue weighted by molar-refractivity contribution is 0.604. The van der Waals surface area contributed by atoms with Gasteiger partial charge in [0, 0.05) is 5.25 Å². The lowest BCUT2D eigenvalue weighted by atomic mass is 9.85. The highest BCUT2D eigenvalue weighted by Gasteiger charge is 2.44. The molecule has 3 rings (SSSR count). The van der Waals surface area contributed by atoms with Crippen molar-refractivity contribution in [2.45, 2.75) is 42.6 Å². The molecule has 0 N–H and O–H groups in total. The zero-order valence-electron chi connectivity index (χ0n) is 13.9. The summed E-state index contributed by atoms with van der Waals surface area (Å²) >= 11 is 4.36. The summed E-state index contributed by atoms with van der Waals surface area (Å²) in [6.45, 7) is 2.29. The maximum absolute atomic E-state index is 2.33. The first-order valence-corrected chi connectivity index (χ1v) is 10.8. The summed E-state index contributed by atoms with van der Waals surface area (Å²) in [6, 6.07) is 22.4. The number of unbranched alkanes of at least 4 members (excludes halogenated alkanes) is 1. The van der Waals surface area contributed by atoms with Gasteiger partial charge in [-0.25, -0.2) is 0 Å². The molecule has 0 saturated carbocycles. The minimum Gasteiger partial charge on any atom is -0.156 e. The van der Waals surface area contributed by atoms with Crippen LogP contribution in [0.25, 0.3) is 0 Å². The van der Waals surface area contributed by atoms with Crippen LogP contribution in [-0.2, 0) is 4.75 Å². The zero-order valence-corrected chi connectivity index (χ0v) is 15.5. The molecule has 1 aliphatic heterocycles. The SMILES string of the molecule is CCCCSC1CCCSC1(c1ccccc1)c1ccccc1. The quantitative estimate of drug-likeness (QED) is 0.560. The van der Waals surface area contributed by atoms with E-state index in [0.717, 1.165) is 0 Å². The molecule has 0 aromatic heterocycles. The van der Waals surface area contributed by atoms with Crippen molar-refractivity contribution in [1.29, 1.82) is 0 Å². The van der Waals surface area contributed by atoms with Crippen molar-refractivity contribution in [1.82, 2.24) is 0 Å². The van der Waals surface area contributed by atoms with E-state index in [1.54, 1.807) is 0 Å². The van der Waals surface area contributed by atoms with Gasteiger partial charge in [-0.2, -0.15) is 11.8 Å². The first-order chi connectivity index (χ1) is 11.4. The largest absolute Gasteiger partial charge is 0.156 e. The van der Waals surface area contributed by atoms with Crippen LogP contribution in [0.15, 0.2) is 60.7 Å². The van der Waals surface area contributed by atoms with Crippen LogP contribution < -0.4 is 0 Å². The van der Waals surface area contributed by atoms with Crippen molar-refractivity contribution in [3.05, 3.63) is 71.8 Å². The predicted octanol–water partition coefficient (Wildman–Crippen LogP) is 6.36. The minimum atomic E-state index is 0.110. The van der Waals surface area contributed by atoms with Crippen LogP contribution in [0, 0.1) is 0 Å². The third-order valence-corrected chi connectivity index (χ3v) is 7.99. The fourth-order valence-electron chi connectivity index (χ4n) is 3.45. The average Bonchev–Trinajstić information content (AvgIpc) is 2.64. The van der Waals surface area contributed by atoms with E-state index in [-0.39, 0.29) is 4.75 Å². The van der Waals surface area contributed by atoms with E-state index in [1.807, 2.05) is 0 Å². The van der Waals surface area contributed by atoms with Crippen molar-refractivity contribution in [3.8, 4) is 0 Å². The number of thioether (sulfide) groups is 2. The molecule has 1 unspecified atom stereocenters. The molecule has 1 atom stereocenters. The second kappa shape index (κ2) is 8.30. The van der Waals surface area contributed by atoms with Crippen molar-refractivity contribution in [2.24, 2.45) is 0 Å². The van der Waals surface area contributed by atoms with Gasteiger partial charge < -0.3 is 0 Å². The van der Waals surface area contributed by atoms with E-state index in [9.17, 15) is 0 Å². The molecule has 0 nitrogen and oxygen atoms in total. The molecule has 0 radical (unpaired) electrons. The Labute approximate surface area is 149 Å². The van der Waals surface area contributed by atoms with E-state index < -0.39 is 0 Å². The van der Waals surface area contributed by atoms with E-state index in [2.05, 4.69) is 91.1 Å². The molecule has 1 aliphatic rings. The Kier molecular flexibility index (Phi) is 6.13. The Bertz CT molecular complexity index is 540. The molecule has 2 aromatic rings. The predicted molar refractivity (Wildman–Crippen MR) is 107 cm³/mol. The van der Waals surface area contributed by atoms with Crippen molar-refractivity contribution >= 4 is 23.5 Å². The fraction of sp³-hybridized carbons (Fsp3) is 0.429. The topological polar surface area (TPSA) is 0 Å². The molecule has 122 valence electrons. The van der Waals surface area contributed by atoms with Crippen molar-refractivity contribution in [3.63, 3.8) is 0 Å². The second-order valence-corrected chi connectivity index (χ2v) is 8.82. The van der Waals surface area contributed by atoms with Gasteiger partial charge in [0.1, 0.15) is 0 Å². The highest BCUT2D eigenvalue weighted by molar-refractivity contribution is 8.04. The molecule has 23 heavy (non-hydrogen) atoms. The van der Waals surface area contributed by atoms with Gasteiger partial charge in [-0.05, 0) is 41.9 Å². The van der Waals surface area contributed by atoms with Gasteiger partial charge in [0.2, 0.25) is 0 Å².